The van der Waals surface area contributed by atoms with Crippen LogP contribution in [0.2, 0.25) is 0 Å². The first-order valence-corrected chi connectivity index (χ1v) is 8.03. The van der Waals surface area contributed by atoms with Gasteiger partial charge in [-0.1, -0.05) is 11.3 Å². The minimum absolute atomic E-state index is 0.00689. The summed E-state index contributed by atoms with van der Waals surface area (Å²) in [5.74, 6) is 0.315. The largest absolute Gasteiger partial charge is 0.382 e. The first-order valence-electron chi connectivity index (χ1n) is 7.21. The van der Waals surface area contributed by atoms with E-state index in [0.717, 1.165) is 19.6 Å². The van der Waals surface area contributed by atoms with Gasteiger partial charge in [-0.05, 0) is 34.7 Å². The molecule has 1 amide bonds. The van der Waals surface area contributed by atoms with Crippen LogP contribution < -0.4 is 11.1 Å². The summed E-state index contributed by atoms with van der Waals surface area (Å²) >= 11 is 1.34. The quantitative estimate of drug-likeness (QED) is 0.870. The lowest BCUT2D eigenvalue weighted by Gasteiger charge is -2.38. The second-order valence-electron chi connectivity index (χ2n) is 6.72. The molecule has 1 atom stereocenters. The van der Waals surface area contributed by atoms with Crippen molar-refractivity contribution in [3.8, 4) is 0 Å². The van der Waals surface area contributed by atoms with E-state index in [0.29, 0.717) is 15.8 Å². The fourth-order valence-corrected chi connectivity index (χ4v) is 3.48. The molecule has 2 heterocycles. The number of carbonyl (C=O) groups excluding carboxylic acids is 1. The maximum atomic E-state index is 12.7. The van der Waals surface area contributed by atoms with Gasteiger partial charge in [-0.25, -0.2) is 4.98 Å². The normalized spacial score (nSPS) is 20.6. The smallest absolute Gasteiger partial charge is 0.268 e. The molecule has 0 aliphatic carbocycles. The molecule has 21 heavy (non-hydrogen) atoms. The standard InChI is InChI=1S/C14H25N5OS/c1-9-8-18(5)6-7-19(9)12(20)10-11(15)16-13(21-10)17-14(2,3)4/h9H,6-8,15H2,1-5H3,(H,16,17). The van der Waals surface area contributed by atoms with Crippen LogP contribution in [-0.4, -0.2) is 59.0 Å². The number of anilines is 2. The number of nitrogens with zero attached hydrogens (tertiary/aromatic N) is 3. The molecule has 0 saturated carbocycles. The summed E-state index contributed by atoms with van der Waals surface area (Å²) in [6.45, 7) is 10.7. The lowest BCUT2D eigenvalue weighted by molar-refractivity contribution is 0.0539. The maximum absolute atomic E-state index is 12.7. The SMILES string of the molecule is CC1CN(C)CCN1C(=O)c1sc(NC(C)(C)C)nc1N. The Bertz CT molecular complexity index is 522. The highest BCUT2D eigenvalue weighted by Crippen LogP contribution is 2.29. The number of thiazole rings is 1. The molecule has 0 spiro atoms. The lowest BCUT2D eigenvalue weighted by Crippen LogP contribution is -2.52. The van der Waals surface area contributed by atoms with Crippen LogP contribution in [0, 0.1) is 0 Å². The number of amides is 1. The van der Waals surface area contributed by atoms with Crippen molar-refractivity contribution >= 4 is 28.2 Å². The molecule has 1 aliphatic rings. The Morgan fingerprint density at radius 3 is 2.67 bits per heavy atom. The van der Waals surface area contributed by atoms with Crippen molar-refractivity contribution in [2.45, 2.75) is 39.3 Å². The van der Waals surface area contributed by atoms with E-state index in [1.54, 1.807) is 0 Å². The molecule has 1 aliphatic heterocycles. The molecule has 0 aromatic carbocycles. The van der Waals surface area contributed by atoms with E-state index in [1.165, 1.54) is 11.3 Å². The Hall–Kier alpha value is -1.34. The van der Waals surface area contributed by atoms with Crippen LogP contribution in [0.1, 0.15) is 37.4 Å². The zero-order valence-electron chi connectivity index (χ0n) is 13.4. The van der Waals surface area contributed by atoms with Crippen molar-refractivity contribution in [2.75, 3.05) is 37.7 Å². The fraction of sp³-hybridized carbons (Fsp3) is 0.714. The van der Waals surface area contributed by atoms with Gasteiger partial charge in [0.25, 0.3) is 5.91 Å². The topological polar surface area (TPSA) is 74.5 Å². The van der Waals surface area contributed by atoms with E-state index >= 15 is 0 Å². The van der Waals surface area contributed by atoms with Gasteiger partial charge < -0.3 is 20.9 Å². The van der Waals surface area contributed by atoms with Gasteiger partial charge in [0.1, 0.15) is 10.7 Å². The summed E-state index contributed by atoms with van der Waals surface area (Å²) in [5.41, 5.74) is 5.84. The predicted octanol–water partition coefficient (Wildman–Crippen LogP) is 1.71. The van der Waals surface area contributed by atoms with Crippen LogP contribution in [0.25, 0.3) is 0 Å². The molecule has 0 radical (unpaired) electrons. The van der Waals surface area contributed by atoms with Gasteiger partial charge in [0.2, 0.25) is 0 Å². The van der Waals surface area contributed by atoms with Gasteiger partial charge in [0.15, 0.2) is 5.13 Å². The Morgan fingerprint density at radius 1 is 1.43 bits per heavy atom. The Balaban J connectivity index is 2.16. The molecule has 1 unspecified atom stereocenters. The van der Waals surface area contributed by atoms with Crippen molar-refractivity contribution in [3.05, 3.63) is 4.88 Å². The predicted molar refractivity (Wildman–Crippen MR) is 87.9 cm³/mol. The Morgan fingerprint density at radius 2 is 2.10 bits per heavy atom. The zero-order chi connectivity index (χ0) is 15.8. The van der Waals surface area contributed by atoms with Gasteiger partial charge in [0.05, 0.1) is 0 Å². The summed E-state index contributed by atoms with van der Waals surface area (Å²) < 4.78 is 0. The van der Waals surface area contributed by atoms with Crippen LogP contribution in [-0.2, 0) is 0 Å². The average Bonchev–Trinajstić information content (AvgIpc) is 2.66. The molecule has 1 saturated heterocycles. The van der Waals surface area contributed by atoms with Crippen molar-refractivity contribution < 1.29 is 4.79 Å². The highest BCUT2D eigenvalue weighted by molar-refractivity contribution is 7.18. The zero-order valence-corrected chi connectivity index (χ0v) is 14.3. The number of carbonyl (C=O) groups is 1. The van der Waals surface area contributed by atoms with E-state index < -0.39 is 0 Å². The third-order valence-corrected chi connectivity index (χ3v) is 4.40. The number of nitrogens with two attached hydrogens (primary N) is 1. The van der Waals surface area contributed by atoms with Crippen LogP contribution in [0.4, 0.5) is 10.9 Å². The number of hydrogen-bond acceptors (Lipinski definition) is 6. The third kappa shape index (κ3) is 3.85. The molecule has 6 nitrogen and oxygen atoms in total. The van der Waals surface area contributed by atoms with Gasteiger partial charge >= 0.3 is 0 Å². The number of nitrogens with one attached hydrogen (secondary N) is 1. The summed E-state index contributed by atoms with van der Waals surface area (Å²) in [5, 5.41) is 3.97. The molecule has 2 rings (SSSR count). The van der Waals surface area contributed by atoms with Crippen molar-refractivity contribution in [2.24, 2.45) is 0 Å². The molecule has 0 bridgehead atoms. The number of piperazine rings is 1. The first kappa shape index (κ1) is 16.0. The number of aromatic nitrogens is 1. The minimum Gasteiger partial charge on any atom is -0.382 e. The Labute approximate surface area is 130 Å². The number of rotatable bonds is 2. The van der Waals surface area contributed by atoms with E-state index in [2.05, 4.69) is 49.9 Å². The molecule has 1 fully saturated rings. The maximum Gasteiger partial charge on any atom is 0.268 e. The van der Waals surface area contributed by atoms with E-state index in [4.69, 9.17) is 5.73 Å². The van der Waals surface area contributed by atoms with E-state index in [9.17, 15) is 4.79 Å². The second-order valence-corrected chi connectivity index (χ2v) is 7.72. The van der Waals surface area contributed by atoms with Gasteiger partial charge in [-0.2, -0.15) is 0 Å². The lowest BCUT2D eigenvalue weighted by atomic mass is 10.1. The molecule has 7 heteroatoms. The molecule has 1 aromatic heterocycles. The summed E-state index contributed by atoms with van der Waals surface area (Å²) in [7, 11) is 2.07. The fourth-order valence-electron chi connectivity index (χ4n) is 2.43. The summed E-state index contributed by atoms with van der Waals surface area (Å²) in [6.07, 6.45) is 0. The van der Waals surface area contributed by atoms with Crippen molar-refractivity contribution in [1.29, 1.82) is 0 Å². The van der Waals surface area contributed by atoms with Gasteiger partial charge in [-0.15, -0.1) is 0 Å². The molecular formula is C14H25N5OS. The van der Waals surface area contributed by atoms with Gasteiger partial charge in [-0.3, -0.25) is 4.79 Å². The van der Waals surface area contributed by atoms with Gasteiger partial charge in [0, 0.05) is 31.2 Å². The van der Waals surface area contributed by atoms with Crippen LogP contribution in [0.15, 0.2) is 0 Å². The Kier molecular flexibility index (Phi) is 4.43. The summed E-state index contributed by atoms with van der Waals surface area (Å²) in [6, 6.07) is 0.191. The monoisotopic (exact) mass is 311 g/mol. The number of hydrogen-bond donors (Lipinski definition) is 2. The minimum atomic E-state index is -0.105. The highest BCUT2D eigenvalue weighted by Gasteiger charge is 2.29. The molecular weight excluding hydrogens is 286 g/mol. The molecule has 118 valence electrons. The van der Waals surface area contributed by atoms with E-state index in [-0.39, 0.29) is 17.5 Å². The number of nitrogen functional groups attached to an aromatic ring is 1. The number of likely N-dealkylation sites (N-methyl/N-ethyl adjacent to an activating group) is 1. The summed E-state index contributed by atoms with van der Waals surface area (Å²) in [4.78, 5) is 21.6. The van der Waals surface area contributed by atoms with Crippen molar-refractivity contribution in [3.63, 3.8) is 0 Å². The van der Waals surface area contributed by atoms with Crippen molar-refractivity contribution in [1.82, 2.24) is 14.8 Å². The second kappa shape index (κ2) is 5.81. The third-order valence-electron chi connectivity index (χ3n) is 3.42. The molecule has 1 aromatic rings. The van der Waals surface area contributed by atoms with Crippen LogP contribution in [0.3, 0.4) is 0 Å². The average molecular weight is 311 g/mol. The first-order chi connectivity index (χ1) is 9.67. The van der Waals surface area contributed by atoms with Crippen LogP contribution >= 0.6 is 11.3 Å². The molecule has 3 N–H and O–H groups in total. The van der Waals surface area contributed by atoms with E-state index in [1.807, 2.05) is 4.90 Å². The van der Waals surface area contributed by atoms with Crippen LogP contribution in [0.5, 0.6) is 0 Å². The highest BCUT2D eigenvalue weighted by atomic mass is 32.1.